The fraction of sp³-hybridized carbons (Fsp3) is 0. The Bertz CT molecular complexity index is 262. The van der Waals surface area contributed by atoms with Crippen LogP contribution in [0.2, 0.25) is 0 Å². The largest absolute Gasteiger partial charge is 0.290 e. The Morgan fingerprint density at radius 1 is 1.55 bits per heavy atom. The molecule has 0 aromatic heterocycles. The highest BCUT2D eigenvalue weighted by molar-refractivity contribution is 5.59. The van der Waals surface area contributed by atoms with E-state index in [4.69, 9.17) is 5.21 Å². The highest BCUT2D eigenvalue weighted by atomic mass is 19.1. The second-order valence-corrected chi connectivity index (χ2v) is 1.87. The lowest BCUT2D eigenvalue weighted by Crippen LogP contribution is -2.00. The second kappa shape index (κ2) is 3.68. The molecule has 1 rings (SSSR count). The van der Waals surface area contributed by atoms with Crippen LogP contribution in [0.4, 0.5) is 10.1 Å². The molecular formula is C7H7FN2O. The molecule has 0 bridgehead atoms. The van der Waals surface area contributed by atoms with Gasteiger partial charge in [-0.05, 0) is 18.2 Å². The molecule has 0 saturated heterocycles. The number of nitrogens with one attached hydrogen (secondary N) is 1. The monoisotopic (exact) mass is 154 g/mol. The minimum Gasteiger partial charge on any atom is -0.290 e. The standard InChI is InChI=1S/C7H7FN2O/c8-6-2-1-3-7(4-6)9-5-10-11/h1-5,11H,(H,9,10). The van der Waals surface area contributed by atoms with E-state index in [2.05, 4.69) is 4.99 Å². The van der Waals surface area contributed by atoms with E-state index < -0.39 is 0 Å². The van der Waals surface area contributed by atoms with Gasteiger partial charge in [0.1, 0.15) is 12.2 Å². The van der Waals surface area contributed by atoms with Crippen molar-refractivity contribution in [2.24, 2.45) is 4.99 Å². The average molecular weight is 154 g/mol. The van der Waals surface area contributed by atoms with Crippen LogP contribution < -0.4 is 5.48 Å². The van der Waals surface area contributed by atoms with E-state index in [1.807, 2.05) is 0 Å². The number of nitrogens with zero attached hydrogens (tertiary/aromatic N) is 1. The Hall–Kier alpha value is -1.42. The maximum absolute atomic E-state index is 12.4. The molecule has 0 fully saturated rings. The van der Waals surface area contributed by atoms with Crippen molar-refractivity contribution in [3.63, 3.8) is 0 Å². The van der Waals surface area contributed by atoms with Crippen LogP contribution in [0, 0.1) is 5.82 Å². The summed E-state index contributed by atoms with van der Waals surface area (Å²) in [7, 11) is 0. The van der Waals surface area contributed by atoms with Gasteiger partial charge in [0.15, 0.2) is 0 Å². The van der Waals surface area contributed by atoms with Gasteiger partial charge in [-0.1, -0.05) is 6.07 Å². The first-order valence-electron chi connectivity index (χ1n) is 3.00. The lowest BCUT2D eigenvalue weighted by Gasteiger charge is -1.91. The molecule has 1 aromatic rings. The van der Waals surface area contributed by atoms with Gasteiger partial charge in [0.25, 0.3) is 0 Å². The second-order valence-electron chi connectivity index (χ2n) is 1.87. The number of hydrogen-bond donors (Lipinski definition) is 2. The lowest BCUT2D eigenvalue weighted by molar-refractivity contribution is 0.240. The lowest BCUT2D eigenvalue weighted by atomic mass is 10.3. The smallest absolute Gasteiger partial charge is 0.125 e. The fourth-order valence-corrected chi connectivity index (χ4v) is 0.660. The zero-order valence-electron chi connectivity index (χ0n) is 5.66. The topological polar surface area (TPSA) is 44.6 Å². The Kier molecular flexibility index (Phi) is 2.57. The summed E-state index contributed by atoms with van der Waals surface area (Å²) in [4.78, 5) is 3.66. The van der Waals surface area contributed by atoms with Crippen LogP contribution in [0.25, 0.3) is 0 Å². The predicted octanol–water partition coefficient (Wildman–Crippen LogP) is 1.46. The van der Waals surface area contributed by atoms with Crippen molar-refractivity contribution in [3.8, 4) is 0 Å². The van der Waals surface area contributed by atoms with Crippen LogP contribution in [0.15, 0.2) is 29.3 Å². The van der Waals surface area contributed by atoms with Crippen molar-refractivity contribution in [2.45, 2.75) is 0 Å². The summed E-state index contributed by atoms with van der Waals surface area (Å²) in [6.07, 6.45) is 1.06. The highest BCUT2D eigenvalue weighted by Gasteiger charge is 1.89. The number of hydroxylamine groups is 1. The van der Waals surface area contributed by atoms with Crippen LogP contribution in [0.5, 0.6) is 0 Å². The summed E-state index contributed by atoms with van der Waals surface area (Å²) in [6, 6.07) is 5.75. The van der Waals surface area contributed by atoms with Crippen LogP contribution in [0.3, 0.4) is 0 Å². The maximum Gasteiger partial charge on any atom is 0.125 e. The molecule has 3 nitrogen and oxygen atoms in total. The molecule has 11 heavy (non-hydrogen) atoms. The molecule has 0 unspecified atom stereocenters. The number of rotatable bonds is 2. The van der Waals surface area contributed by atoms with Crippen molar-refractivity contribution >= 4 is 12.0 Å². The van der Waals surface area contributed by atoms with E-state index in [1.165, 1.54) is 12.1 Å². The van der Waals surface area contributed by atoms with E-state index in [0.717, 1.165) is 6.34 Å². The first-order chi connectivity index (χ1) is 5.33. The zero-order valence-corrected chi connectivity index (χ0v) is 5.66. The molecule has 1 aromatic carbocycles. The van der Waals surface area contributed by atoms with Gasteiger partial charge in [0.2, 0.25) is 0 Å². The van der Waals surface area contributed by atoms with Crippen LogP contribution in [-0.4, -0.2) is 11.5 Å². The van der Waals surface area contributed by atoms with Gasteiger partial charge in [-0.3, -0.25) is 10.7 Å². The number of hydrogen-bond acceptors (Lipinski definition) is 2. The van der Waals surface area contributed by atoms with Gasteiger partial charge in [0.05, 0.1) is 5.69 Å². The molecule has 0 atom stereocenters. The normalized spacial score (nSPS) is 10.4. The van der Waals surface area contributed by atoms with Gasteiger partial charge in [0, 0.05) is 0 Å². The molecule has 0 radical (unpaired) electrons. The molecule has 58 valence electrons. The highest BCUT2D eigenvalue weighted by Crippen LogP contribution is 2.11. The van der Waals surface area contributed by atoms with E-state index in [-0.39, 0.29) is 5.82 Å². The Balaban J connectivity index is 2.79. The molecule has 0 amide bonds. The van der Waals surface area contributed by atoms with Crippen molar-refractivity contribution in [2.75, 3.05) is 0 Å². The third kappa shape index (κ3) is 2.35. The Labute approximate surface area is 63.2 Å². The third-order valence-corrected chi connectivity index (χ3v) is 1.08. The molecule has 2 N–H and O–H groups in total. The van der Waals surface area contributed by atoms with Crippen LogP contribution in [0.1, 0.15) is 0 Å². The van der Waals surface area contributed by atoms with E-state index in [1.54, 1.807) is 17.6 Å². The summed E-state index contributed by atoms with van der Waals surface area (Å²) in [5.74, 6) is -0.349. The quantitative estimate of drug-likeness (QED) is 0.385. The Morgan fingerprint density at radius 2 is 2.36 bits per heavy atom. The molecular weight excluding hydrogens is 147 g/mol. The first-order valence-corrected chi connectivity index (χ1v) is 3.00. The molecule has 4 heteroatoms. The minimum atomic E-state index is -0.349. The molecule has 0 saturated carbocycles. The maximum atomic E-state index is 12.4. The molecule has 0 aliphatic heterocycles. The third-order valence-electron chi connectivity index (χ3n) is 1.08. The van der Waals surface area contributed by atoms with Crippen molar-refractivity contribution in [3.05, 3.63) is 30.1 Å². The summed E-state index contributed by atoms with van der Waals surface area (Å²) < 4.78 is 12.4. The fourth-order valence-electron chi connectivity index (χ4n) is 0.660. The van der Waals surface area contributed by atoms with Crippen molar-refractivity contribution < 1.29 is 9.60 Å². The summed E-state index contributed by atoms with van der Waals surface area (Å²) >= 11 is 0. The first kappa shape index (κ1) is 7.68. The van der Waals surface area contributed by atoms with Gasteiger partial charge in [-0.15, -0.1) is 0 Å². The molecule has 0 spiro atoms. The molecule has 0 aliphatic rings. The molecule has 0 heterocycles. The minimum absolute atomic E-state index is 0.349. The van der Waals surface area contributed by atoms with Gasteiger partial charge in [-0.2, -0.15) is 0 Å². The van der Waals surface area contributed by atoms with Gasteiger partial charge < -0.3 is 0 Å². The zero-order chi connectivity index (χ0) is 8.10. The molecule has 0 aliphatic carbocycles. The van der Waals surface area contributed by atoms with Crippen molar-refractivity contribution in [1.29, 1.82) is 0 Å². The number of halogens is 1. The number of benzene rings is 1. The summed E-state index contributed by atoms with van der Waals surface area (Å²) in [6.45, 7) is 0. The Morgan fingerprint density at radius 3 is 3.00 bits per heavy atom. The van der Waals surface area contributed by atoms with E-state index >= 15 is 0 Å². The van der Waals surface area contributed by atoms with Gasteiger partial charge in [-0.25, -0.2) is 9.38 Å². The van der Waals surface area contributed by atoms with E-state index in [0.29, 0.717) is 5.69 Å². The summed E-state index contributed by atoms with van der Waals surface area (Å²) in [5, 5.41) is 8.10. The average Bonchev–Trinajstić information content (AvgIpc) is 2.01. The van der Waals surface area contributed by atoms with Crippen molar-refractivity contribution in [1.82, 2.24) is 5.48 Å². The van der Waals surface area contributed by atoms with Crippen LogP contribution >= 0.6 is 0 Å². The van der Waals surface area contributed by atoms with Crippen LogP contribution in [-0.2, 0) is 0 Å². The number of aliphatic imine (C=N–C) groups is 1. The van der Waals surface area contributed by atoms with E-state index in [9.17, 15) is 4.39 Å². The summed E-state index contributed by atoms with van der Waals surface area (Å²) in [5.41, 5.74) is 2.17. The predicted molar refractivity (Wildman–Crippen MR) is 39.5 cm³/mol. The van der Waals surface area contributed by atoms with Gasteiger partial charge >= 0.3 is 0 Å². The SMILES string of the molecule is ONC=Nc1cccc(F)c1.